The van der Waals surface area contributed by atoms with Gasteiger partial charge in [0.1, 0.15) is 5.75 Å². The first-order valence-corrected chi connectivity index (χ1v) is 7.91. The first-order chi connectivity index (χ1) is 9.85. The predicted molar refractivity (Wildman–Crippen MR) is 80.1 cm³/mol. The highest BCUT2D eigenvalue weighted by Gasteiger charge is 2.20. The molecule has 2 aromatic rings. The summed E-state index contributed by atoms with van der Waals surface area (Å²) in [7, 11) is 1.70. The van der Waals surface area contributed by atoms with E-state index < -0.39 is 0 Å². The first-order valence-electron chi connectivity index (χ1n) is 7.03. The van der Waals surface area contributed by atoms with Gasteiger partial charge in [-0.05, 0) is 18.2 Å². The van der Waals surface area contributed by atoms with Crippen molar-refractivity contribution in [2.24, 2.45) is 0 Å². The number of rotatable bonds is 4. The molecule has 3 N–H and O–H groups in total. The van der Waals surface area contributed by atoms with Crippen LogP contribution in [0.5, 0.6) is 5.75 Å². The highest BCUT2D eigenvalue weighted by Crippen LogP contribution is 2.22. The summed E-state index contributed by atoms with van der Waals surface area (Å²) < 4.78 is 5.28. The molecule has 0 atom stereocenters. The van der Waals surface area contributed by atoms with Gasteiger partial charge in [0.05, 0.1) is 31.1 Å². The van der Waals surface area contributed by atoms with Crippen LogP contribution < -0.4 is 19.9 Å². The molecular formula is C15H21N3OS+2. The summed E-state index contributed by atoms with van der Waals surface area (Å²) in [6, 6.07) is 8.19. The molecule has 1 fully saturated rings. The molecule has 1 aliphatic rings. The maximum Gasteiger partial charge on any atom is 0.291 e. The van der Waals surface area contributed by atoms with Crippen LogP contribution >= 0.6 is 11.3 Å². The van der Waals surface area contributed by atoms with E-state index in [1.165, 1.54) is 29.4 Å². The van der Waals surface area contributed by atoms with E-state index in [0.29, 0.717) is 0 Å². The second-order valence-corrected chi connectivity index (χ2v) is 6.07. The molecule has 1 saturated heterocycles. The average molecular weight is 291 g/mol. The molecule has 1 aromatic carbocycles. The molecule has 0 bridgehead atoms. The zero-order valence-corrected chi connectivity index (χ0v) is 12.6. The SMILES string of the molecule is COc1cccc(-c2csc(C[NH+]3CCNCC3)[nH+]2)c1. The Morgan fingerprint density at radius 2 is 2.20 bits per heavy atom. The van der Waals surface area contributed by atoms with E-state index >= 15 is 0 Å². The smallest absolute Gasteiger partial charge is 0.291 e. The van der Waals surface area contributed by atoms with Gasteiger partial charge in [0.25, 0.3) is 5.01 Å². The second-order valence-electron chi connectivity index (χ2n) is 5.11. The van der Waals surface area contributed by atoms with Crippen molar-refractivity contribution in [1.29, 1.82) is 0 Å². The summed E-state index contributed by atoms with van der Waals surface area (Å²) in [6.45, 7) is 5.77. The van der Waals surface area contributed by atoms with Crippen molar-refractivity contribution in [3.8, 4) is 17.0 Å². The van der Waals surface area contributed by atoms with Gasteiger partial charge in [-0.25, -0.2) is 0 Å². The Balaban J connectivity index is 1.72. The number of aromatic nitrogens is 1. The number of nitrogens with one attached hydrogen (secondary N) is 3. The maximum atomic E-state index is 5.28. The van der Waals surface area contributed by atoms with Gasteiger partial charge < -0.3 is 15.0 Å². The van der Waals surface area contributed by atoms with Gasteiger partial charge in [0.2, 0.25) is 5.69 Å². The average Bonchev–Trinajstić information content (AvgIpc) is 2.97. The van der Waals surface area contributed by atoms with Crippen LogP contribution in [0, 0.1) is 0 Å². The van der Waals surface area contributed by atoms with Crippen molar-refractivity contribution in [2.45, 2.75) is 6.54 Å². The van der Waals surface area contributed by atoms with Gasteiger partial charge in [0, 0.05) is 13.1 Å². The molecule has 5 heteroatoms. The number of piperazine rings is 1. The summed E-state index contributed by atoms with van der Waals surface area (Å²) in [5, 5.41) is 6.95. The quantitative estimate of drug-likeness (QED) is 0.846. The zero-order valence-electron chi connectivity index (χ0n) is 11.7. The third-order valence-corrected chi connectivity index (χ3v) is 4.58. The number of benzene rings is 1. The fourth-order valence-electron chi connectivity index (χ4n) is 2.54. The van der Waals surface area contributed by atoms with E-state index in [-0.39, 0.29) is 0 Å². The topological polar surface area (TPSA) is 39.8 Å². The number of methoxy groups -OCH3 is 1. The van der Waals surface area contributed by atoms with E-state index in [1.54, 1.807) is 12.0 Å². The first kappa shape index (κ1) is 13.5. The molecule has 0 aliphatic carbocycles. The normalized spacial score (nSPS) is 16.2. The molecule has 4 nitrogen and oxygen atoms in total. The molecule has 0 spiro atoms. The van der Waals surface area contributed by atoms with E-state index in [1.807, 2.05) is 23.5 Å². The summed E-state index contributed by atoms with van der Waals surface area (Å²) in [6.07, 6.45) is 0. The van der Waals surface area contributed by atoms with Gasteiger partial charge in [-0.15, -0.1) is 0 Å². The zero-order chi connectivity index (χ0) is 13.8. The highest BCUT2D eigenvalue weighted by atomic mass is 32.1. The number of hydrogen-bond donors (Lipinski definition) is 2. The fourth-order valence-corrected chi connectivity index (χ4v) is 3.45. The lowest BCUT2D eigenvalue weighted by atomic mass is 10.2. The third kappa shape index (κ3) is 3.17. The molecule has 0 amide bonds. The van der Waals surface area contributed by atoms with Crippen molar-refractivity contribution < 1.29 is 14.6 Å². The lowest BCUT2D eigenvalue weighted by molar-refractivity contribution is -0.918. The van der Waals surface area contributed by atoms with Gasteiger partial charge in [-0.3, -0.25) is 0 Å². The van der Waals surface area contributed by atoms with Crippen LogP contribution in [0.25, 0.3) is 11.3 Å². The standard InChI is InChI=1S/C15H19N3OS/c1-19-13-4-2-3-12(9-13)14-11-20-15(17-14)10-18-7-5-16-6-8-18/h2-4,9,11,16H,5-8,10H2,1H3/p+2. The summed E-state index contributed by atoms with van der Waals surface area (Å²) >= 11 is 1.81. The van der Waals surface area contributed by atoms with Gasteiger partial charge in [0.15, 0.2) is 6.54 Å². The second kappa shape index (κ2) is 6.35. The molecule has 0 unspecified atom stereocenters. The molecule has 3 rings (SSSR count). The van der Waals surface area contributed by atoms with Crippen LogP contribution in [0.4, 0.5) is 0 Å². The van der Waals surface area contributed by atoms with Crippen molar-refractivity contribution in [2.75, 3.05) is 33.3 Å². The number of ether oxygens (including phenoxy) is 1. The van der Waals surface area contributed by atoms with E-state index in [9.17, 15) is 0 Å². The molecular weight excluding hydrogens is 270 g/mol. The largest absolute Gasteiger partial charge is 0.497 e. The molecule has 1 aliphatic heterocycles. The van der Waals surface area contributed by atoms with Gasteiger partial charge in [-0.1, -0.05) is 17.4 Å². The minimum absolute atomic E-state index is 0.899. The Morgan fingerprint density at radius 3 is 3.00 bits per heavy atom. The number of H-pyrrole nitrogens is 1. The highest BCUT2D eigenvalue weighted by molar-refractivity contribution is 7.09. The number of thiazole rings is 1. The molecule has 20 heavy (non-hydrogen) atoms. The molecule has 1 aromatic heterocycles. The Morgan fingerprint density at radius 1 is 1.35 bits per heavy atom. The minimum atomic E-state index is 0.899. The van der Waals surface area contributed by atoms with Crippen molar-refractivity contribution in [3.63, 3.8) is 0 Å². The Bertz CT molecular complexity index is 564. The number of quaternary nitrogens is 1. The number of hydrogen-bond acceptors (Lipinski definition) is 3. The minimum Gasteiger partial charge on any atom is -0.497 e. The Kier molecular flexibility index (Phi) is 4.30. The van der Waals surface area contributed by atoms with Crippen LogP contribution in [-0.2, 0) is 6.54 Å². The van der Waals surface area contributed by atoms with Crippen LogP contribution in [0.1, 0.15) is 5.01 Å². The van der Waals surface area contributed by atoms with E-state index in [0.717, 1.165) is 25.4 Å². The summed E-state index contributed by atoms with van der Waals surface area (Å²) in [4.78, 5) is 5.20. The van der Waals surface area contributed by atoms with Gasteiger partial charge >= 0.3 is 0 Å². The Hall–Kier alpha value is -1.43. The van der Waals surface area contributed by atoms with Crippen molar-refractivity contribution in [3.05, 3.63) is 34.7 Å². The molecule has 0 radical (unpaired) electrons. The lowest BCUT2D eigenvalue weighted by Crippen LogP contribution is -3.13. The van der Waals surface area contributed by atoms with E-state index in [2.05, 4.69) is 27.8 Å². The van der Waals surface area contributed by atoms with Crippen LogP contribution in [0.15, 0.2) is 29.6 Å². The van der Waals surface area contributed by atoms with Crippen LogP contribution in [-0.4, -0.2) is 33.3 Å². The monoisotopic (exact) mass is 291 g/mol. The van der Waals surface area contributed by atoms with Crippen molar-refractivity contribution >= 4 is 11.3 Å². The molecule has 0 saturated carbocycles. The van der Waals surface area contributed by atoms with Gasteiger partial charge in [-0.2, -0.15) is 4.98 Å². The van der Waals surface area contributed by atoms with E-state index in [4.69, 9.17) is 4.74 Å². The lowest BCUT2D eigenvalue weighted by Gasteiger charge is -2.22. The maximum absolute atomic E-state index is 5.28. The Labute approximate surface area is 123 Å². The summed E-state index contributed by atoms with van der Waals surface area (Å²) in [5.41, 5.74) is 2.36. The predicted octanol–water partition coefficient (Wildman–Crippen LogP) is 0.226. The fraction of sp³-hybridized carbons (Fsp3) is 0.400. The summed E-state index contributed by atoms with van der Waals surface area (Å²) in [5.74, 6) is 0.899. The third-order valence-electron chi connectivity index (χ3n) is 3.70. The molecule has 106 valence electrons. The molecule has 2 heterocycles. The van der Waals surface area contributed by atoms with Crippen LogP contribution in [0.3, 0.4) is 0 Å². The van der Waals surface area contributed by atoms with Crippen molar-refractivity contribution in [1.82, 2.24) is 5.32 Å². The number of aromatic amines is 1. The van der Waals surface area contributed by atoms with Crippen LogP contribution in [0.2, 0.25) is 0 Å².